The third kappa shape index (κ3) is 2.50. The zero-order valence-electron chi connectivity index (χ0n) is 9.26. The van der Waals surface area contributed by atoms with E-state index in [1.165, 1.54) is 22.9 Å². The number of rotatable bonds is 3. The van der Waals surface area contributed by atoms with E-state index in [0.29, 0.717) is 12.3 Å². The van der Waals surface area contributed by atoms with Gasteiger partial charge in [0, 0.05) is 6.20 Å². The molecule has 0 saturated heterocycles. The fourth-order valence-electron chi connectivity index (χ4n) is 1.40. The highest BCUT2D eigenvalue weighted by Crippen LogP contribution is 2.10. The Hall–Kier alpha value is -2.17. The Morgan fingerprint density at radius 3 is 3.00 bits per heavy atom. The molecule has 0 amide bonds. The lowest BCUT2D eigenvalue weighted by molar-refractivity contribution is 0.0519. The molecule has 2 aromatic rings. The highest BCUT2D eigenvalue weighted by atomic mass is 19.1. The second kappa shape index (κ2) is 4.78. The molecule has 2 rings (SSSR count). The van der Waals surface area contributed by atoms with E-state index >= 15 is 0 Å². The molecule has 0 bridgehead atoms. The van der Waals surface area contributed by atoms with Gasteiger partial charge in [0.1, 0.15) is 5.82 Å². The quantitative estimate of drug-likeness (QED) is 0.764. The van der Waals surface area contributed by atoms with Crippen molar-refractivity contribution < 1.29 is 13.9 Å². The maximum absolute atomic E-state index is 13.0. The molecule has 17 heavy (non-hydrogen) atoms. The normalized spacial score (nSPS) is 10.2. The Balaban J connectivity index is 2.27. The van der Waals surface area contributed by atoms with Crippen LogP contribution in [0.1, 0.15) is 17.4 Å². The summed E-state index contributed by atoms with van der Waals surface area (Å²) in [6.45, 7) is 2.02. The third-order valence-electron chi connectivity index (χ3n) is 2.15. The molecule has 0 aliphatic heterocycles. The maximum atomic E-state index is 13.0. The SMILES string of the molecule is CCOC(=O)c1ccn(-c2cccc(F)c2)n1. The molecule has 1 heterocycles. The molecule has 0 unspecified atom stereocenters. The molecule has 0 atom stereocenters. The smallest absolute Gasteiger partial charge is 0.358 e. The molecule has 0 N–H and O–H groups in total. The second-order valence-corrected chi connectivity index (χ2v) is 3.35. The summed E-state index contributed by atoms with van der Waals surface area (Å²) in [6, 6.07) is 7.49. The Kier molecular flexibility index (Phi) is 3.18. The van der Waals surface area contributed by atoms with Gasteiger partial charge < -0.3 is 4.74 Å². The number of halogens is 1. The summed E-state index contributed by atoms with van der Waals surface area (Å²) in [5, 5.41) is 4.02. The van der Waals surface area contributed by atoms with E-state index in [4.69, 9.17) is 4.74 Å². The van der Waals surface area contributed by atoms with Crippen LogP contribution in [0.4, 0.5) is 4.39 Å². The molecule has 0 aliphatic rings. The van der Waals surface area contributed by atoms with Crippen LogP contribution in [0.15, 0.2) is 36.5 Å². The average Bonchev–Trinajstić information content (AvgIpc) is 2.78. The minimum atomic E-state index is -0.484. The van der Waals surface area contributed by atoms with Crippen molar-refractivity contribution in [3.63, 3.8) is 0 Å². The fourth-order valence-corrected chi connectivity index (χ4v) is 1.40. The van der Waals surface area contributed by atoms with Gasteiger partial charge in [-0.3, -0.25) is 0 Å². The van der Waals surface area contributed by atoms with Crippen molar-refractivity contribution in [2.45, 2.75) is 6.92 Å². The molecule has 0 spiro atoms. The van der Waals surface area contributed by atoms with Crippen molar-refractivity contribution in [1.82, 2.24) is 9.78 Å². The first kappa shape index (κ1) is 11.3. The largest absolute Gasteiger partial charge is 0.461 e. The number of hydrogen-bond acceptors (Lipinski definition) is 3. The summed E-state index contributed by atoms with van der Waals surface area (Å²) in [4.78, 5) is 11.4. The highest BCUT2D eigenvalue weighted by molar-refractivity contribution is 5.87. The van der Waals surface area contributed by atoms with E-state index in [1.807, 2.05) is 0 Å². The number of benzene rings is 1. The van der Waals surface area contributed by atoms with Crippen LogP contribution in [0.3, 0.4) is 0 Å². The zero-order valence-corrected chi connectivity index (χ0v) is 9.26. The van der Waals surface area contributed by atoms with Gasteiger partial charge in [0.2, 0.25) is 0 Å². The van der Waals surface area contributed by atoms with Crippen molar-refractivity contribution >= 4 is 5.97 Å². The van der Waals surface area contributed by atoms with Gasteiger partial charge in [0.15, 0.2) is 5.69 Å². The van der Waals surface area contributed by atoms with Crippen molar-refractivity contribution in [2.24, 2.45) is 0 Å². The topological polar surface area (TPSA) is 44.1 Å². The number of carbonyl (C=O) groups is 1. The van der Waals surface area contributed by atoms with E-state index in [2.05, 4.69) is 5.10 Å². The Morgan fingerprint density at radius 2 is 2.29 bits per heavy atom. The van der Waals surface area contributed by atoms with Crippen LogP contribution >= 0.6 is 0 Å². The molecule has 5 heteroatoms. The van der Waals surface area contributed by atoms with Gasteiger partial charge in [-0.1, -0.05) is 6.07 Å². The Bertz CT molecular complexity index is 537. The number of ether oxygens (including phenoxy) is 1. The first-order valence-electron chi connectivity index (χ1n) is 5.19. The van der Waals surface area contributed by atoms with Crippen LogP contribution in [0.5, 0.6) is 0 Å². The molecule has 0 fully saturated rings. The molecular formula is C12H11FN2O2. The average molecular weight is 234 g/mol. The summed E-state index contributed by atoms with van der Waals surface area (Å²) < 4.78 is 19.2. The van der Waals surface area contributed by atoms with Crippen LogP contribution in [-0.2, 0) is 4.74 Å². The molecule has 1 aromatic heterocycles. The number of aromatic nitrogens is 2. The van der Waals surface area contributed by atoms with Crippen molar-refractivity contribution in [1.29, 1.82) is 0 Å². The summed E-state index contributed by atoms with van der Waals surface area (Å²) in [5.41, 5.74) is 0.761. The lowest BCUT2D eigenvalue weighted by Gasteiger charge is -2.00. The van der Waals surface area contributed by atoms with Crippen molar-refractivity contribution in [3.05, 3.63) is 48.0 Å². The molecule has 0 radical (unpaired) electrons. The number of hydrogen-bond donors (Lipinski definition) is 0. The molecule has 4 nitrogen and oxygen atoms in total. The van der Waals surface area contributed by atoms with Gasteiger partial charge in [-0.2, -0.15) is 5.10 Å². The van der Waals surface area contributed by atoms with Gasteiger partial charge in [0.25, 0.3) is 0 Å². The number of nitrogens with zero attached hydrogens (tertiary/aromatic N) is 2. The third-order valence-corrected chi connectivity index (χ3v) is 2.15. The lowest BCUT2D eigenvalue weighted by Crippen LogP contribution is -2.06. The first-order chi connectivity index (χ1) is 8.20. The van der Waals surface area contributed by atoms with Crippen LogP contribution in [0.25, 0.3) is 5.69 Å². The standard InChI is InChI=1S/C12H11FN2O2/c1-2-17-12(16)11-6-7-15(14-11)10-5-3-4-9(13)8-10/h3-8H,2H2,1H3. The van der Waals surface area contributed by atoms with Gasteiger partial charge >= 0.3 is 5.97 Å². The van der Waals surface area contributed by atoms with E-state index < -0.39 is 5.97 Å². The molecule has 1 aromatic carbocycles. The monoisotopic (exact) mass is 234 g/mol. The van der Waals surface area contributed by atoms with Crippen LogP contribution in [0.2, 0.25) is 0 Å². The van der Waals surface area contributed by atoms with E-state index in [9.17, 15) is 9.18 Å². The van der Waals surface area contributed by atoms with E-state index in [-0.39, 0.29) is 11.5 Å². The maximum Gasteiger partial charge on any atom is 0.358 e. The van der Waals surface area contributed by atoms with Crippen LogP contribution in [0, 0.1) is 5.82 Å². The minimum absolute atomic E-state index is 0.205. The first-order valence-corrected chi connectivity index (χ1v) is 5.19. The van der Waals surface area contributed by atoms with Crippen LogP contribution < -0.4 is 0 Å². The predicted molar refractivity (Wildman–Crippen MR) is 59.5 cm³/mol. The van der Waals surface area contributed by atoms with Crippen molar-refractivity contribution in [2.75, 3.05) is 6.61 Å². The summed E-state index contributed by atoms with van der Waals surface area (Å²) >= 11 is 0. The number of esters is 1. The molecule has 0 saturated carbocycles. The molecular weight excluding hydrogens is 223 g/mol. The zero-order chi connectivity index (χ0) is 12.3. The summed E-state index contributed by atoms with van der Waals surface area (Å²) in [7, 11) is 0. The lowest BCUT2D eigenvalue weighted by atomic mass is 10.3. The Morgan fingerprint density at radius 1 is 1.47 bits per heavy atom. The van der Waals surface area contributed by atoms with Crippen LogP contribution in [-0.4, -0.2) is 22.4 Å². The fraction of sp³-hybridized carbons (Fsp3) is 0.167. The minimum Gasteiger partial charge on any atom is -0.461 e. The summed E-state index contributed by atoms with van der Waals surface area (Å²) in [6.07, 6.45) is 1.58. The van der Waals surface area contributed by atoms with Crippen molar-refractivity contribution in [3.8, 4) is 5.69 Å². The van der Waals surface area contributed by atoms with Gasteiger partial charge in [0.05, 0.1) is 12.3 Å². The van der Waals surface area contributed by atoms with E-state index in [0.717, 1.165) is 0 Å². The number of carbonyl (C=O) groups excluding carboxylic acids is 1. The predicted octanol–water partition coefficient (Wildman–Crippen LogP) is 2.19. The molecule has 88 valence electrons. The van der Waals surface area contributed by atoms with Gasteiger partial charge in [-0.15, -0.1) is 0 Å². The summed E-state index contributed by atoms with van der Waals surface area (Å²) in [5.74, 6) is -0.835. The second-order valence-electron chi connectivity index (χ2n) is 3.35. The molecule has 0 aliphatic carbocycles. The van der Waals surface area contributed by atoms with Gasteiger partial charge in [-0.25, -0.2) is 13.9 Å². The van der Waals surface area contributed by atoms with Gasteiger partial charge in [-0.05, 0) is 31.2 Å². The van der Waals surface area contributed by atoms with E-state index in [1.54, 1.807) is 25.3 Å². The Labute approximate surface area is 97.6 Å². The highest BCUT2D eigenvalue weighted by Gasteiger charge is 2.10.